The van der Waals surface area contributed by atoms with Crippen molar-refractivity contribution in [2.75, 3.05) is 59.6 Å². The number of nitrogens with zero attached hydrogens (tertiary/aromatic N) is 2. The third-order valence-corrected chi connectivity index (χ3v) is 11.8. The number of alkyl carbamates (subject to hydrolysis) is 1. The van der Waals surface area contributed by atoms with Gasteiger partial charge < -0.3 is 48.7 Å². The van der Waals surface area contributed by atoms with Crippen molar-refractivity contribution in [3.63, 3.8) is 0 Å². The lowest BCUT2D eigenvalue weighted by atomic mass is 9.87. The van der Waals surface area contributed by atoms with Crippen molar-refractivity contribution in [1.29, 1.82) is 0 Å². The molecule has 0 saturated carbocycles. The number of rotatable bonds is 16. The Labute approximate surface area is 309 Å². The van der Waals surface area contributed by atoms with Crippen molar-refractivity contribution in [1.82, 2.24) is 14.5 Å². The van der Waals surface area contributed by atoms with Gasteiger partial charge in [0, 0.05) is 31.6 Å². The number of sulfonamides is 1. The number of aliphatic hydroxyl groups is 1. The smallest absolute Gasteiger partial charge is 0.407 e. The van der Waals surface area contributed by atoms with E-state index in [2.05, 4.69) is 5.32 Å². The quantitative estimate of drug-likeness (QED) is 0.212. The fourth-order valence-corrected chi connectivity index (χ4v) is 9.00. The van der Waals surface area contributed by atoms with Crippen molar-refractivity contribution in [3.8, 4) is 11.5 Å². The van der Waals surface area contributed by atoms with Gasteiger partial charge in [-0.25, -0.2) is 18.0 Å². The average Bonchev–Trinajstić information content (AvgIpc) is 3.89. The summed E-state index contributed by atoms with van der Waals surface area (Å²) in [4.78, 5) is 26.6. The minimum Gasteiger partial charge on any atom is -0.465 e. The maximum absolute atomic E-state index is 14.5. The van der Waals surface area contributed by atoms with Gasteiger partial charge in [-0.1, -0.05) is 44.2 Å². The van der Waals surface area contributed by atoms with Gasteiger partial charge in [0.2, 0.25) is 16.8 Å². The van der Waals surface area contributed by atoms with Gasteiger partial charge in [-0.05, 0) is 48.8 Å². The molecule has 4 aliphatic heterocycles. The Bertz CT molecular complexity index is 1660. The van der Waals surface area contributed by atoms with E-state index in [9.17, 15) is 28.2 Å². The van der Waals surface area contributed by atoms with Crippen LogP contribution in [0.5, 0.6) is 11.5 Å². The SMILES string of the molecule is CC(C)(CCCNC(=O)OC1COCOC1)CN(C[C@@H](O)[C@H](Cc1ccccc1)N(C(=O)O)[C@H]1CO[C@H]2OCC[C@H]21)S(=O)(=O)c1ccc2c(c1)OCO2. The largest absolute Gasteiger partial charge is 0.465 e. The van der Waals surface area contributed by atoms with Gasteiger partial charge in [0.25, 0.3) is 0 Å². The number of ether oxygens (including phenoxy) is 7. The normalized spacial score (nSPS) is 22.7. The zero-order valence-corrected chi connectivity index (χ0v) is 30.8. The zero-order chi connectivity index (χ0) is 37.6. The summed E-state index contributed by atoms with van der Waals surface area (Å²) in [6.45, 7) is 4.79. The summed E-state index contributed by atoms with van der Waals surface area (Å²) in [5.74, 6) is 0.473. The lowest BCUT2D eigenvalue weighted by Gasteiger charge is -2.40. The molecule has 3 N–H and O–H groups in total. The summed E-state index contributed by atoms with van der Waals surface area (Å²) in [6, 6.07) is 11.9. The molecule has 17 heteroatoms. The fourth-order valence-electron chi connectivity index (χ4n) is 7.34. The molecular formula is C36H49N3O13S. The molecule has 53 heavy (non-hydrogen) atoms. The number of fused-ring (bicyclic) bond motifs is 2. The molecule has 0 aliphatic carbocycles. The van der Waals surface area contributed by atoms with Crippen LogP contribution in [0.3, 0.4) is 0 Å². The molecule has 2 amide bonds. The minimum atomic E-state index is -4.28. The van der Waals surface area contributed by atoms with Crippen molar-refractivity contribution in [2.24, 2.45) is 11.3 Å². The van der Waals surface area contributed by atoms with E-state index in [0.717, 1.165) is 5.56 Å². The standard InChI is InChI=1S/C36H49N3O13S/c1-36(2,12-6-13-37-34(41)52-25-18-46-22-47-19-25)21-38(53(44,45)26-9-10-31-32(16-26)51-23-50-31)17-30(40)28(15-24-7-4-3-5-8-24)39(35(42)43)29-20-49-33-27(29)11-14-48-33/h3-5,7-10,16,25,27-30,33,40H,6,11-15,17-23H2,1-2H3,(H,37,41)(H,42,43)/t27-,28-,29-,30+,33+/m0/s1. The lowest BCUT2D eigenvalue weighted by molar-refractivity contribution is -0.151. The summed E-state index contributed by atoms with van der Waals surface area (Å²) in [6.07, 6.45) is -2.62. The number of amides is 2. The molecule has 6 rings (SSSR count). The number of aliphatic hydroxyl groups excluding tert-OH is 1. The zero-order valence-electron chi connectivity index (χ0n) is 30.0. The molecular weight excluding hydrogens is 714 g/mol. The van der Waals surface area contributed by atoms with E-state index >= 15 is 0 Å². The van der Waals surface area contributed by atoms with Crippen LogP contribution in [-0.2, 0) is 40.1 Å². The first-order valence-electron chi connectivity index (χ1n) is 17.9. The second kappa shape index (κ2) is 17.2. The first-order chi connectivity index (χ1) is 25.4. The predicted octanol–water partition coefficient (Wildman–Crippen LogP) is 3.03. The predicted molar refractivity (Wildman–Crippen MR) is 187 cm³/mol. The number of hydrogen-bond acceptors (Lipinski definition) is 12. The average molecular weight is 764 g/mol. The third-order valence-electron chi connectivity index (χ3n) is 10.0. The van der Waals surface area contributed by atoms with E-state index in [1.165, 1.54) is 27.4 Å². The van der Waals surface area contributed by atoms with Crippen molar-refractivity contribution >= 4 is 22.2 Å². The topological polar surface area (TPSA) is 192 Å². The molecule has 0 aromatic heterocycles. The minimum absolute atomic E-state index is 0.0295. The molecule has 3 saturated heterocycles. The Morgan fingerprint density at radius 3 is 2.53 bits per heavy atom. The van der Waals surface area contributed by atoms with Crippen LogP contribution in [0.1, 0.15) is 38.7 Å². The van der Waals surface area contributed by atoms with E-state index in [1.54, 1.807) is 0 Å². The molecule has 2 aromatic carbocycles. The van der Waals surface area contributed by atoms with Crippen LogP contribution < -0.4 is 14.8 Å². The Morgan fingerprint density at radius 2 is 1.77 bits per heavy atom. The van der Waals surface area contributed by atoms with Crippen LogP contribution in [0.15, 0.2) is 53.4 Å². The summed E-state index contributed by atoms with van der Waals surface area (Å²) in [5.41, 5.74) is 0.121. The van der Waals surface area contributed by atoms with E-state index in [0.29, 0.717) is 31.6 Å². The summed E-state index contributed by atoms with van der Waals surface area (Å²) in [7, 11) is -4.28. The molecule has 0 spiro atoms. The second-order valence-corrected chi connectivity index (χ2v) is 16.4. The number of carboxylic acid groups (broad SMARTS) is 1. The third kappa shape index (κ3) is 9.70. The van der Waals surface area contributed by atoms with Crippen molar-refractivity contribution in [2.45, 2.75) is 75.0 Å². The fraction of sp³-hybridized carbons (Fsp3) is 0.611. The van der Waals surface area contributed by atoms with Crippen LogP contribution in [0, 0.1) is 11.3 Å². The molecule has 0 bridgehead atoms. The summed E-state index contributed by atoms with van der Waals surface area (Å²) >= 11 is 0. The Kier molecular flexibility index (Phi) is 12.6. The molecule has 5 atom stereocenters. The van der Waals surface area contributed by atoms with Crippen LogP contribution >= 0.6 is 0 Å². The monoisotopic (exact) mass is 763 g/mol. The van der Waals surface area contributed by atoms with Gasteiger partial charge in [0.05, 0.1) is 49.5 Å². The van der Waals surface area contributed by atoms with E-state index in [1.807, 2.05) is 44.2 Å². The molecule has 16 nitrogen and oxygen atoms in total. The summed E-state index contributed by atoms with van der Waals surface area (Å²) < 4.78 is 68.2. The molecule has 292 valence electrons. The van der Waals surface area contributed by atoms with E-state index in [4.69, 9.17) is 33.2 Å². The number of nitrogens with one attached hydrogen (secondary N) is 1. The second-order valence-electron chi connectivity index (χ2n) is 14.5. The van der Waals surface area contributed by atoms with Gasteiger partial charge in [-0.3, -0.25) is 4.90 Å². The molecule has 3 fully saturated rings. The Hall–Kier alpha value is -3.71. The van der Waals surface area contributed by atoms with Crippen molar-refractivity contribution in [3.05, 3.63) is 54.1 Å². The van der Waals surface area contributed by atoms with Crippen LogP contribution in [0.4, 0.5) is 9.59 Å². The van der Waals surface area contributed by atoms with Gasteiger partial charge in [-0.15, -0.1) is 0 Å². The van der Waals surface area contributed by atoms with E-state index in [-0.39, 0.29) is 69.5 Å². The van der Waals surface area contributed by atoms with Gasteiger partial charge in [-0.2, -0.15) is 4.31 Å². The van der Waals surface area contributed by atoms with E-state index < -0.39 is 64.8 Å². The highest BCUT2D eigenvalue weighted by atomic mass is 32.2. The van der Waals surface area contributed by atoms with Crippen LogP contribution in [0.25, 0.3) is 0 Å². The lowest BCUT2D eigenvalue weighted by Crippen LogP contribution is -2.58. The molecule has 4 aliphatic rings. The highest BCUT2D eigenvalue weighted by molar-refractivity contribution is 7.89. The number of carbonyl (C=O) groups is 2. The summed E-state index contributed by atoms with van der Waals surface area (Å²) in [5, 5.41) is 25.5. The number of benzene rings is 2. The highest BCUT2D eigenvalue weighted by Crippen LogP contribution is 2.38. The number of hydrogen-bond donors (Lipinski definition) is 3. The Balaban J connectivity index is 1.22. The van der Waals surface area contributed by atoms with Crippen molar-refractivity contribution < 1.29 is 61.4 Å². The van der Waals surface area contributed by atoms with Gasteiger partial charge in [0.15, 0.2) is 23.9 Å². The molecule has 4 heterocycles. The highest BCUT2D eigenvalue weighted by Gasteiger charge is 2.49. The molecule has 2 aromatic rings. The molecule has 0 unspecified atom stereocenters. The first kappa shape index (κ1) is 39.0. The Morgan fingerprint density at radius 1 is 1.02 bits per heavy atom. The maximum atomic E-state index is 14.5. The van der Waals surface area contributed by atoms with Gasteiger partial charge >= 0.3 is 12.2 Å². The van der Waals surface area contributed by atoms with Gasteiger partial charge in [0.1, 0.15) is 6.79 Å². The van der Waals surface area contributed by atoms with Crippen LogP contribution in [-0.4, -0.2) is 130 Å². The number of carbonyl (C=O) groups excluding carboxylic acids is 1. The molecule has 0 radical (unpaired) electrons. The first-order valence-corrected chi connectivity index (χ1v) is 19.3. The van der Waals surface area contributed by atoms with Crippen LogP contribution in [0.2, 0.25) is 0 Å². The maximum Gasteiger partial charge on any atom is 0.407 e.